The first-order valence-electron chi connectivity index (χ1n) is 5.83. The molecular formula is C12H21F2NO. The molecule has 1 rings (SSSR count). The van der Waals surface area contributed by atoms with Gasteiger partial charge in [-0.3, -0.25) is 4.79 Å². The first-order chi connectivity index (χ1) is 7.18. The van der Waals surface area contributed by atoms with E-state index in [1.807, 2.05) is 13.8 Å². The van der Waals surface area contributed by atoms with Crippen LogP contribution in [0.5, 0.6) is 0 Å². The van der Waals surface area contributed by atoms with Gasteiger partial charge in [-0.15, -0.1) is 0 Å². The highest BCUT2D eigenvalue weighted by Crippen LogP contribution is 2.44. The molecule has 0 aromatic rings. The molecule has 94 valence electrons. The zero-order chi connectivity index (χ0) is 12.7. The van der Waals surface area contributed by atoms with Crippen LogP contribution >= 0.6 is 0 Å². The first-order valence-corrected chi connectivity index (χ1v) is 5.83. The first kappa shape index (κ1) is 13.4. The molecule has 2 atom stereocenters. The van der Waals surface area contributed by atoms with E-state index < -0.39 is 18.4 Å². The van der Waals surface area contributed by atoms with Crippen LogP contribution in [-0.4, -0.2) is 29.3 Å². The van der Waals surface area contributed by atoms with Crippen molar-refractivity contribution in [2.24, 2.45) is 17.8 Å². The van der Waals surface area contributed by atoms with Crippen LogP contribution in [0.4, 0.5) is 8.78 Å². The lowest BCUT2D eigenvalue weighted by molar-refractivity contribution is -0.131. The van der Waals surface area contributed by atoms with Crippen LogP contribution in [0.1, 0.15) is 34.6 Å². The molecule has 2 unspecified atom stereocenters. The topological polar surface area (TPSA) is 20.3 Å². The van der Waals surface area contributed by atoms with Crippen LogP contribution in [0, 0.1) is 17.8 Å². The van der Waals surface area contributed by atoms with Gasteiger partial charge >= 0.3 is 0 Å². The predicted molar refractivity (Wildman–Crippen MR) is 59.3 cm³/mol. The predicted octanol–water partition coefficient (Wildman–Crippen LogP) is 2.78. The lowest BCUT2D eigenvalue weighted by atomic mass is 9.81. The number of alkyl halides is 2. The van der Waals surface area contributed by atoms with E-state index in [0.717, 1.165) is 0 Å². The molecule has 0 aromatic heterocycles. The van der Waals surface area contributed by atoms with E-state index in [1.54, 1.807) is 13.8 Å². The van der Waals surface area contributed by atoms with E-state index in [0.29, 0.717) is 0 Å². The third-order valence-electron chi connectivity index (χ3n) is 3.40. The Balaban J connectivity index is 3.08. The highest BCUT2D eigenvalue weighted by molar-refractivity contribution is 5.74. The summed E-state index contributed by atoms with van der Waals surface area (Å²) in [5, 5.41) is 0. The third-order valence-corrected chi connectivity index (χ3v) is 3.40. The standard InChI is InChI=1S/C12H21F2NO/c1-7(2)10-11(8(3)4)15(9(5)16)6-12(10,13)14/h7-8,10-11H,6H2,1-5H3. The minimum Gasteiger partial charge on any atom is -0.333 e. The van der Waals surface area contributed by atoms with E-state index in [-0.39, 0.29) is 23.8 Å². The lowest BCUT2D eigenvalue weighted by Gasteiger charge is -2.32. The zero-order valence-electron chi connectivity index (χ0n) is 10.6. The van der Waals surface area contributed by atoms with Crippen molar-refractivity contribution < 1.29 is 13.6 Å². The fourth-order valence-electron chi connectivity index (χ4n) is 2.86. The number of halogens is 2. The summed E-state index contributed by atoms with van der Waals surface area (Å²) >= 11 is 0. The van der Waals surface area contributed by atoms with E-state index in [9.17, 15) is 13.6 Å². The second-order valence-electron chi connectivity index (χ2n) is 5.41. The van der Waals surface area contributed by atoms with Crippen LogP contribution in [0.25, 0.3) is 0 Å². The number of likely N-dealkylation sites (tertiary alicyclic amines) is 1. The Morgan fingerprint density at radius 2 is 1.75 bits per heavy atom. The number of hydrogen-bond donors (Lipinski definition) is 0. The van der Waals surface area contributed by atoms with Gasteiger partial charge < -0.3 is 4.90 Å². The largest absolute Gasteiger partial charge is 0.333 e. The maximum atomic E-state index is 13.9. The molecule has 0 aromatic carbocycles. The number of carbonyl (C=O) groups is 1. The fraction of sp³-hybridized carbons (Fsp3) is 0.917. The Morgan fingerprint density at radius 3 is 2.06 bits per heavy atom. The van der Waals surface area contributed by atoms with E-state index >= 15 is 0 Å². The molecule has 0 bridgehead atoms. The second-order valence-corrected chi connectivity index (χ2v) is 5.41. The van der Waals surface area contributed by atoms with E-state index in [4.69, 9.17) is 0 Å². The summed E-state index contributed by atoms with van der Waals surface area (Å²) in [5.41, 5.74) is 0. The highest BCUT2D eigenvalue weighted by atomic mass is 19.3. The molecule has 1 saturated heterocycles. The Morgan fingerprint density at radius 1 is 1.25 bits per heavy atom. The Labute approximate surface area is 96.0 Å². The molecule has 0 radical (unpaired) electrons. The highest BCUT2D eigenvalue weighted by Gasteiger charge is 2.56. The molecule has 1 fully saturated rings. The molecule has 1 aliphatic heterocycles. The monoisotopic (exact) mass is 233 g/mol. The molecule has 1 amide bonds. The lowest BCUT2D eigenvalue weighted by Crippen LogP contribution is -2.41. The van der Waals surface area contributed by atoms with Crippen LogP contribution < -0.4 is 0 Å². The van der Waals surface area contributed by atoms with Crippen molar-refractivity contribution >= 4 is 5.91 Å². The van der Waals surface area contributed by atoms with Gasteiger partial charge in [0, 0.05) is 18.9 Å². The van der Waals surface area contributed by atoms with Gasteiger partial charge in [0.2, 0.25) is 5.91 Å². The zero-order valence-corrected chi connectivity index (χ0v) is 10.6. The van der Waals surface area contributed by atoms with Gasteiger partial charge in [0.15, 0.2) is 0 Å². The summed E-state index contributed by atoms with van der Waals surface area (Å²) in [6.45, 7) is 8.35. The minimum absolute atomic E-state index is 0.0599. The maximum Gasteiger partial charge on any atom is 0.270 e. The second kappa shape index (κ2) is 4.30. The van der Waals surface area contributed by atoms with Crippen molar-refractivity contribution in [3.63, 3.8) is 0 Å². The van der Waals surface area contributed by atoms with Crippen LogP contribution in [0.15, 0.2) is 0 Å². The summed E-state index contributed by atoms with van der Waals surface area (Å²) < 4.78 is 27.8. The van der Waals surface area contributed by atoms with Crippen molar-refractivity contribution in [3.8, 4) is 0 Å². The molecule has 4 heteroatoms. The molecular weight excluding hydrogens is 212 g/mol. The Kier molecular flexibility index (Phi) is 3.60. The van der Waals surface area contributed by atoms with E-state index in [1.165, 1.54) is 11.8 Å². The summed E-state index contributed by atoms with van der Waals surface area (Å²) in [4.78, 5) is 12.8. The summed E-state index contributed by atoms with van der Waals surface area (Å²) in [5.74, 6) is -3.79. The van der Waals surface area contributed by atoms with Crippen LogP contribution in [0.2, 0.25) is 0 Å². The van der Waals surface area contributed by atoms with Gasteiger partial charge in [0.25, 0.3) is 5.92 Å². The molecule has 0 spiro atoms. The smallest absolute Gasteiger partial charge is 0.270 e. The Hall–Kier alpha value is -0.670. The fourth-order valence-corrected chi connectivity index (χ4v) is 2.86. The SMILES string of the molecule is CC(=O)N1CC(F)(F)C(C(C)C)C1C(C)C. The van der Waals surface area contributed by atoms with E-state index in [2.05, 4.69) is 0 Å². The van der Waals surface area contributed by atoms with Gasteiger partial charge in [0.05, 0.1) is 6.54 Å². The summed E-state index contributed by atoms with van der Waals surface area (Å²) in [6, 6.07) is -0.340. The molecule has 0 aliphatic carbocycles. The molecule has 1 aliphatic rings. The normalized spacial score (nSPS) is 29.2. The maximum absolute atomic E-state index is 13.9. The molecule has 16 heavy (non-hydrogen) atoms. The molecule has 0 N–H and O–H groups in total. The van der Waals surface area contributed by atoms with Gasteiger partial charge in [-0.1, -0.05) is 27.7 Å². The number of hydrogen-bond acceptors (Lipinski definition) is 1. The van der Waals surface area contributed by atoms with Crippen molar-refractivity contribution in [1.82, 2.24) is 4.90 Å². The average molecular weight is 233 g/mol. The van der Waals surface area contributed by atoms with Crippen LogP contribution in [-0.2, 0) is 4.79 Å². The number of carbonyl (C=O) groups excluding carboxylic acids is 1. The van der Waals surface area contributed by atoms with Gasteiger partial charge in [-0.05, 0) is 11.8 Å². The Bertz CT molecular complexity index is 276. The minimum atomic E-state index is -2.76. The summed E-state index contributed by atoms with van der Waals surface area (Å²) in [7, 11) is 0. The van der Waals surface area contributed by atoms with Crippen molar-refractivity contribution in [2.45, 2.75) is 46.6 Å². The van der Waals surface area contributed by atoms with Gasteiger partial charge in [-0.25, -0.2) is 8.78 Å². The third kappa shape index (κ3) is 2.20. The van der Waals surface area contributed by atoms with Crippen molar-refractivity contribution in [1.29, 1.82) is 0 Å². The van der Waals surface area contributed by atoms with Gasteiger partial charge in [-0.2, -0.15) is 0 Å². The van der Waals surface area contributed by atoms with Crippen molar-refractivity contribution in [2.75, 3.05) is 6.54 Å². The molecule has 1 heterocycles. The van der Waals surface area contributed by atoms with Gasteiger partial charge in [0.1, 0.15) is 0 Å². The molecule has 0 saturated carbocycles. The average Bonchev–Trinajstić information content (AvgIpc) is 2.36. The number of amides is 1. The molecule has 2 nitrogen and oxygen atoms in total. The number of nitrogens with zero attached hydrogens (tertiary/aromatic N) is 1. The quantitative estimate of drug-likeness (QED) is 0.718. The number of rotatable bonds is 2. The summed E-state index contributed by atoms with van der Waals surface area (Å²) in [6.07, 6.45) is 0. The van der Waals surface area contributed by atoms with Crippen LogP contribution in [0.3, 0.4) is 0 Å². The van der Waals surface area contributed by atoms with Crippen molar-refractivity contribution in [3.05, 3.63) is 0 Å².